The van der Waals surface area contributed by atoms with Gasteiger partial charge in [0.25, 0.3) is 0 Å². The van der Waals surface area contributed by atoms with Gasteiger partial charge in [0.2, 0.25) is 0 Å². The van der Waals surface area contributed by atoms with Crippen LogP contribution in [-0.4, -0.2) is 12.9 Å². The highest BCUT2D eigenvalue weighted by atomic mass is 16.5. The van der Waals surface area contributed by atoms with Gasteiger partial charge in [-0.2, -0.15) is 0 Å². The van der Waals surface area contributed by atoms with E-state index in [2.05, 4.69) is 0 Å². The van der Waals surface area contributed by atoms with Crippen LogP contribution in [0.3, 0.4) is 0 Å². The van der Waals surface area contributed by atoms with Gasteiger partial charge >= 0.3 is 0 Å². The number of carbonyl (C=O) groups is 1. The SMILES string of the molecule is C[C@H](C=O)CCCOCc1ccccc1. The van der Waals surface area contributed by atoms with Crippen LogP contribution >= 0.6 is 0 Å². The first-order chi connectivity index (χ1) is 7.33. The zero-order valence-electron chi connectivity index (χ0n) is 9.19. The number of hydrogen-bond acceptors (Lipinski definition) is 2. The third-order valence-electron chi connectivity index (χ3n) is 2.29. The molecular formula is C13H18O2. The first-order valence-corrected chi connectivity index (χ1v) is 5.40. The summed E-state index contributed by atoms with van der Waals surface area (Å²) in [7, 11) is 0. The van der Waals surface area contributed by atoms with Crippen LogP contribution in [0.5, 0.6) is 0 Å². The number of carbonyl (C=O) groups excluding carboxylic acids is 1. The molecule has 0 spiro atoms. The van der Waals surface area contributed by atoms with Crippen LogP contribution < -0.4 is 0 Å². The molecule has 0 aliphatic rings. The molecule has 0 aliphatic heterocycles. The summed E-state index contributed by atoms with van der Waals surface area (Å²) in [4.78, 5) is 10.3. The van der Waals surface area contributed by atoms with Gasteiger partial charge in [-0.3, -0.25) is 0 Å². The topological polar surface area (TPSA) is 26.3 Å². The maximum atomic E-state index is 10.3. The summed E-state index contributed by atoms with van der Waals surface area (Å²) in [6.45, 7) is 3.33. The fourth-order valence-corrected chi connectivity index (χ4v) is 1.34. The van der Waals surface area contributed by atoms with Gasteiger partial charge in [-0.15, -0.1) is 0 Å². The van der Waals surface area contributed by atoms with E-state index in [4.69, 9.17) is 4.74 Å². The van der Waals surface area contributed by atoms with Crippen LogP contribution in [0.4, 0.5) is 0 Å². The fourth-order valence-electron chi connectivity index (χ4n) is 1.34. The Morgan fingerprint density at radius 3 is 2.73 bits per heavy atom. The lowest BCUT2D eigenvalue weighted by Gasteiger charge is -2.05. The lowest BCUT2D eigenvalue weighted by molar-refractivity contribution is -0.110. The van der Waals surface area contributed by atoms with Crippen molar-refractivity contribution in [1.82, 2.24) is 0 Å². The smallest absolute Gasteiger partial charge is 0.122 e. The molecule has 0 unspecified atom stereocenters. The highest BCUT2D eigenvalue weighted by molar-refractivity contribution is 5.52. The molecule has 0 N–H and O–H groups in total. The van der Waals surface area contributed by atoms with Crippen molar-refractivity contribution >= 4 is 6.29 Å². The van der Waals surface area contributed by atoms with Gasteiger partial charge in [-0.25, -0.2) is 0 Å². The van der Waals surface area contributed by atoms with Crippen molar-refractivity contribution in [1.29, 1.82) is 0 Å². The molecule has 2 heteroatoms. The van der Waals surface area contributed by atoms with Crippen molar-refractivity contribution in [3.63, 3.8) is 0 Å². The molecule has 2 nitrogen and oxygen atoms in total. The van der Waals surface area contributed by atoms with E-state index >= 15 is 0 Å². The summed E-state index contributed by atoms with van der Waals surface area (Å²) in [5.74, 6) is 0.158. The van der Waals surface area contributed by atoms with E-state index in [0.29, 0.717) is 6.61 Å². The summed E-state index contributed by atoms with van der Waals surface area (Å²) in [6, 6.07) is 10.1. The van der Waals surface area contributed by atoms with Gasteiger partial charge in [-0.05, 0) is 18.4 Å². The minimum Gasteiger partial charge on any atom is -0.377 e. The Hall–Kier alpha value is -1.15. The lowest BCUT2D eigenvalue weighted by Crippen LogP contribution is -2.00. The van der Waals surface area contributed by atoms with Gasteiger partial charge < -0.3 is 9.53 Å². The Kier molecular flexibility index (Phi) is 5.71. The molecule has 0 saturated heterocycles. The monoisotopic (exact) mass is 206 g/mol. The number of hydrogen-bond donors (Lipinski definition) is 0. The molecule has 0 fully saturated rings. The van der Waals surface area contributed by atoms with E-state index in [1.54, 1.807) is 0 Å². The van der Waals surface area contributed by atoms with E-state index in [1.807, 2.05) is 37.3 Å². The molecule has 0 saturated carbocycles. The predicted molar refractivity (Wildman–Crippen MR) is 60.6 cm³/mol. The summed E-state index contributed by atoms with van der Waals surface area (Å²) in [5, 5.41) is 0. The van der Waals surface area contributed by atoms with Gasteiger partial charge in [-0.1, -0.05) is 37.3 Å². The normalized spacial score (nSPS) is 12.3. The molecule has 1 aromatic rings. The van der Waals surface area contributed by atoms with E-state index in [1.165, 1.54) is 5.56 Å². The number of rotatable bonds is 7. The first kappa shape index (κ1) is 11.9. The molecular weight excluding hydrogens is 188 g/mol. The number of benzene rings is 1. The predicted octanol–water partition coefficient (Wildman–Crippen LogP) is 2.82. The van der Waals surface area contributed by atoms with Crippen LogP contribution in [0.15, 0.2) is 30.3 Å². The van der Waals surface area contributed by atoms with Crippen molar-refractivity contribution in [2.24, 2.45) is 5.92 Å². The summed E-state index contributed by atoms with van der Waals surface area (Å²) < 4.78 is 5.50. The Labute approximate surface area is 91.3 Å². The van der Waals surface area contributed by atoms with Gasteiger partial charge in [0, 0.05) is 12.5 Å². The maximum absolute atomic E-state index is 10.3. The maximum Gasteiger partial charge on any atom is 0.122 e. The average molecular weight is 206 g/mol. The van der Waals surface area contributed by atoms with E-state index in [9.17, 15) is 4.79 Å². The number of aldehydes is 1. The molecule has 0 aliphatic carbocycles. The van der Waals surface area contributed by atoms with Crippen molar-refractivity contribution in [2.45, 2.75) is 26.4 Å². The molecule has 82 valence electrons. The Morgan fingerprint density at radius 2 is 2.07 bits per heavy atom. The first-order valence-electron chi connectivity index (χ1n) is 5.40. The standard InChI is InChI=1S/C13H18O2/c1-12(10-14)6-5-9-15-11-13-7-3-2-4-8-13/h2-4,7-8,10,12H,5-6,9,11H2,1H3/t12-/m0/s1. The largest absolute Gasteiger partial charge is 0.377 e. The second-order valence-electron chi connectivity index (χ2n) is 3.79. The highest BCUT2D eigenvalue weighted by Crippen LogP contribution is 2.04. The molecule has 1 aromatic carbocycles. The van der Waals surface area contributed by atoms with E-state index < -0.39 is 0 Å². The zero-order chi connectivity index (χ0) is 10.9. The molecule has 0 aromatic heterocycles. The highest BCUT2D eigenvalue weighted by Gasteiger charge is 1.98. The average Bonchev–Trinajstić information content (AvgIpc) is 2.29. The third-order valence-corrected chi connectivity index (χ3v) is 2.29. The van der Waals surface area contributed by atoms with Gasteiger partial charge in [0.1, 0.15) is 6.29 Å². The van der Waals surface area contributed by atoms with E-state index in [0.717, 1.165) is 25.7 Å². The molecule has 0 radical (unpaired) electrons. The second-order valence-corrected chi connectivity index (χ2v) is 3.79. The Morgan fingerprint density at radius 1 is 1.33 bits per heavy atom. The summed E-state index contributed by atoms with van der Waals surface area (Å²) >= 11 is 0. The van der Waals surface area contributed by atoms with Crippen molar-refractivity contribution in [2.75, 3.05) is 6.61 Å². The Bertz CT molecular complexity index is 269. The van der Waals surface area contributed by atoms with Crippen molar-refractivity contribution in [3.8, 4) is 0 Å². The third kappa shape index (κ3) is 5.33. The van der Waals surface area contributed by atoms with Crippen LogP contribution in [0.25, 0.3) is 0 Å². The van der Waals surface area contributed by atoms with Crippen LogP contribution in [0.1, 0.15) is 25.3 Å². The Balaban J connectivity index is 2.05. The zero-order valence-corrected chi connectivity index (χ0v) is 9.19. The summed E-state index contributed by atoms with van der Waals surface area (Å²) in [6.07, 6.45) is 2.86. The lowest BCUT2D eigenvalue weighted by atomic mass is 10.1. The summed E-state index contributed by atoms with van der Waals surface area (Å²) in [5.41, 5.74) is 1.20. The van der Waals surface area contributed by atoms with Crippen LogP contribution in [0, 0.1) is 5.92 Å². The molecule has 1 atom stereocenters. The van der Waals surface area contributed by atoms with E-state index in [-0.39, 0.29) is 5.92 Å². The molecule has 0 bridgehead atoms. The molecule has 0 amide bonds. The fraction of sp³-hybridized carbons (Fsp3) is 0.462. The van der Waals surface area contributed by atoms with Crippen molar-refractivity contribution < 1.29 is 9.53 Å². The van der Waals surface area contributed by atoms with Crippen LogP contribution in [0.2, 0.25) is 0 Å². The minimum absolute atomic E-state index is 0.158. The number of ether oxygens (including phenoxy) is 1. The van der Waals surface area contributed by atoms with Crippen molar-refractivity contribution in [3.05, 3.63) is 35.9 Å². The second kappa shape index (κ2) is 7.18. The van der Waals surface area contributed by atoms with Gasteiger partial charge in [0.05, 0.1) is 6.61 Å². The van der Waals surface area contributed by atoms with Gasteiger partial charge in [0.15, 0.2) is 0 Å². The minimum atomic E-state index is 0.158. The molecule has 0 heterocycles. The molecule has 15 heavy (non-hydrogen) atoms. The molecule has 1 rings (SSSR count). The quantitative estimate of drug-likeness (QED) is 0.506. The van der Waals surface area contributed by atoms with Crippen LogP contribution in [-0.2, 0) is 16.1 Å².